The van der Waals surface area contributed by atoms with Crippen LogP contribution in [0.15, 0.2) is 18.2 Å². The van der Waals surface area contributed by atoms with Gasteiger partial charge in [-0.2, -0.15) is 0 Å². The molecule has 0 saturated carbocycles. The SMILES string of the molecule is CC(C)(O)COc1ccc(N)c(F)c1. The minimum absolute atomic E-state index is 0.0839. The first-order valence-corrected chi connectivity index (χ1v) is 4.29. The number of nitrogens with two attached hydrogens (primary N) is 1. The molecule has 0 unspecified atom stereocenters. The van der Waals surface area contributed by atoms with E-state index in [9.17, 15) is 9.50 Å². The van der Waals surface area contributed by atoms with Gasteiger partial charge >= 0.3 is 0 Å². The topological polar surface area (TPSA) is 55.5 Å². The number of halogens is 1. The standard InChI is InChI=1S/C10H14FNO2/c1-10(2,13)6-14-7-3-4-9(12)8(11)5-7/h3-5,13H,6,12H2,1-2H3. The van der Waals surface area contributed by atoms with Gasteiger partial charge in [-0.25, -0.2) is 4.39 Å². The molecule has 0 saturated heterocycles. The molecule has 0 fully saturated rings. The largest absolute Gasteiger partial charge is 0.491 e. The van der Waals surface area contributed by atoms with Crippen molar-refractivity contribution in [3.8, 4) is 5.75 Å². The maximum absolute atomic E-state index is 12.9. The fourth-order valence-electron chi connectivity index (χ4n) is 0.858. The van der Waals surface area contributed by atoms with Crippen LogP contribution in [0.2, 0.25) is 0 Å². The number of hydrogen-bond donors (Lipinski definition) is 2. The quantitative estimate of drug-likeness (QED) is 0.726. The molecule has 1 rings (SSSR count). The monoisotopic (exact) mass is 199 g/mol. The number of hydrogen-bond acceptors (Lipinski definition) is 3. The molecular formula is C10H14FNO2. The van der Waals surface area contributed by atoms with Crippen LogP contribution in [-0.4, -0.2) is 17.3 Å². The van der Waals surface area contributed by atoms with Gasteiger partial charge < -0.3 is 15.6 Å². The summed E-state index contributed by atoms with van der Waals surface area (Å²) >= 11 is 0. The molecule has 4 heteroatoms. The number of ether oxygens (including phenoxy) is 1. The first kappa shape index (κ1) is 10.8. The van der Waals surface area contributed by atoms with Gasteiger partial charge in [0.05, 0.1) is 11.3 Å². The van der Waals surface area contributed by atoms with Gasteiger partial charge in [0.1, 0.15) is 18.2 Å². The van der Waals surface area contributed by atoms with Gasteiger partial charge in [0.15, 0.2) is 0 Å². The molecule has 1 aromatic rings. The van der Waals surface area contributed by atoms with Crippen LogP contribution >= 0.6 is 0 Å². The fourth-order valence-corrected chi connectivity index (χ4v) is 0.858. The van der Waals surface area contributed by atoms with Crippen molar-refractivity contribution in [3.63, 3.8) is 0 Å². The summed E-state index contributed by atoms with van der Waals surface area (Å²) in [5.41, 5.74) is 4.44. The molecule has 0 aliphatic rings. The Morgan fingerprint density at radius 2 is 2.14 bits per heavy atom. The molecule has 0 aliphatic carbocycles. The minimum atomic E-state index is -0.933. The third-order valence-corrected chi connectivity index (χ3v) is 1.56. The Kier molecular flexibility index (Phi) is 2.96. The molecule has 0 aromatic heterocycles. The minimum Gasteiger partial charge on any atom is -0.491 e. The van der Waals surface area contributed by atoms with E-state index in [2.05, 4.69) is 0 Å². The predicted octanol–water partition coefficient (Wildman–Crippen LogP) is 1.56. The van der Waals surface area contributed by atoms with Crippen molar-refractivity contribution in [1.82, 2.24) is 0 Å². The summed E-state index contributed by atoms with van der Waals surface area (Å²) in [5, 5.41) is 9.36. The van der Waals surface area contributed by atoms with Gasteiger partial charge in [-0.05, 0) is 26.0 Å². The Balaban J connectivity index is 2.65. The van der Waals surface area contributed by atoms with Crippen LogP contribution in [0.25, 0.3) is 0 Å². The van der Waals surface area contributed by atoms with Crippen LogP contribution in [0, 0.1) is 5.82 Å². The normalized spacial score (nSPS) is 11.4. The van der Waals surface area contributed by atoms with Crippen molar-refractivity contribution in [2.45, 2.75) is 19.4 Å². The lowest BCUT2D eigenvalue weighted by Gasteiger charge is -2.17. The van der Waals surface area contributed by atoms with Crippen LogP contribution in [-0.2, 0) is 0 Å². The van der Waals surface area contributed by atoms with Crippen molar-refractivity contribution in [3.05, 3.63) is 24.0 Å². The molecular weight excluding hydrogens is 185 g/mol. The van der Waals surface area contributed by atoms with E-state index in [1.807, 2.05) is 0 Å². The zero-order valence-corrected chi connectivity index (χ0v) is 8.25. The Bertz CT molecular complexity index is 320. The van der Waals surface area contributed by atoms with E-state index in [4.69, 9.17) is 10.5 Å². The van der Waals surface area contributed by atoms with Gasteiger partial charge in [0.2, 0.25) is 0 Å². The van der Waals surface area contributed by atoms with Gasteiger partial charge in [-0.15, -0.1) is 0 Å². The van der Waals surface area contributed by atoms with Crippen LogP contribution in [0.4, 0.5) is 10.1 Å². The molecule has 1 aromatic carbocycles. The lowest BCUT2D eigenvalue weighted by Crippen LogP contribution is -2.27. The third-order valence-electron chi connectivity index (χ3n) is 1.56. The number of rotatable bonds is 3. The van der Waals surface area contributed by atoms with E-state index in [0.717, 1.165) is 0 Å². The van der Waals surface area contributed by atoms with Crippen molar-refractivity contribution in [1.29, 1.82) is 0 Å². The predicted molar refractivity (Wildman–Crippen MR) is 52.6 cm³/mol. The smallest absolute Gasteiger partial charge is 0.149 e. The molecule has 14 heavy (non-hydrogen) atoms. The highest BCUT2D eigenvalue weighted by molar-refractivity contribution is 5.43. The highest BCUT2D eigenvalue weighted by Crippen LogP contribution is 2.18. The lowest BCUT2D eigenvalue weighted by atomic mass is 10.2. The first-order chi connectivity index (χ1) is 6.38. The lowest BCUT2D eigenvalue weighted by molar-refractivity contribution is 0.0284. The molecule has 0 spiro atoms. The summed E-state index contributed by atoms with van der Waals surface area (Å²) < 4.78 is 18.1. The van der Waals surface area contributed by atoms with E-state index in [0.29, 0.717) is 5.75 Å². The summed E-state index contributed by atoms with van der Waals surface area (Å²) in [6.45, 7) is 3.33. The molecule has 0 bridgehead atoms. The van der Waals surface area contributed by atoms with Gasteiger partial charge in [0, 0.05) is 6.07 Å². The fraction of sp³-hybridized carbons (Fsp3) is 0.400. The average molecular weight is 199 g/mol. The second kappa shape index (κ2) is 3.84. The number of aliphatic hydroxyl groups is 1. The Hall–Kier alpha value is -1.29. The van der Waals surface area contributed by atoms with Crippen LogP contribution in [0.3, 0.4) is 0 Å². The number of anilines is 1. The van der Waals surface area contributed by atoms with Crippen molar-refractivity contribution in [2.24, 2.45) is 0 Å². The zero-order chi connectivity index (χ0) is 10.8. The van der Waals surface area contributed by atoms with Crippen LogP contribution in [0.1, 0.15) is 13.8 Å². The van der Waals surface area contributed by atoms with E-state index < -0.39 is 11.4 Å². The molecule has 0 amide bonds. The van der Waals surface area contributed by atoms with Crippen LogP contribution < -0.4 is 10.5 Å². The van der Waals surface area contributed by atoms with Gasteiger partial charge in [-0.1, -0.05) is 0 Å². The second-order valence-corrected chi connectivity index (χ2v) is 3.78. The molecule has 0 heterocycles. The Morgan fingerprint density at radius 1 is 1.50 bits per heavy atom. The molecule has 3 nitrogen and oxygen atoms in total. The second-order valence-electron chi connectivity index (χ2n) is 3.78. The van der Waals surface area contributed by atoms with Crippen LogP contribution in [0.5, 0.6) is 5.75 Å². The highest BCUT2D eigenvalue weighted by atomic mass is 19.1. The highest BCUT2D eigenvalue weighted by Gasteiger charge is 2.13. The molecule has 78 valence electrons. The summed E-state index contributed by atoms with van der Waals surface area (Å²) in [4.78, 5) is 0. The Morgan fingerprint density at radius 3 is 2.64 bits per heavy atom. The summed E-state index contributed by atoms with van der Waals surface area (Å²) in [7, 11) is 0. The van der Waals surface area contributed by atoms with E-state index in [1.54, 1.807) is 19.9 Å². The molecule has 0 atom stereocenters. The van der Waals surface area contributed by atoms with Gasteiger partial charge in [-0.3, -0.25) is 0 Å². The molecule has 0 radical (unpaired) electrons. The van der Waals surface area contributed by atoms with E-state index in [1.165, 1.54) is 12.1 Å². The summed E-state index contributed by atoms with van der Waals surface area (Å²) in [6, 6.07) is 4.18. The maximum atomic E-state index is 12.9. The Labute approximate surface area is 82.3 Å². The maximum Gasteiger partial charge on any atom is 0.149 e. The van der Waals surface area contributed by atoms with Gasteiger partial charge in [0.25, 0.3) is 0 Å². The van der Waals surface area contributed by atoms with E-state index in [-0.39, 0.29) is 12.3 Å². The summed E-state index contributed by atoms with van der Waals surface area (Å²) in [6.07, 6.45) is 0. The number of nitrogen functional groups attached to an aromatic ring is 1. The average Bonchev–Trinajstić information content (AvgIpc) is 2.06. The summed E-state index contributed by atoms with van der Waals surface area (Å²) in [5.74, 6) is -0.155. The van der Waals surface area contributed by atoms with E-state index >= 15 is 0 Å². The third kappa shape index (κ3) is 3.22. The molecule has 3 N–H and O–H groups in total. The zero-order valence-electron chi connectivity index (χ0n) is 8.25. The van der Waals surface area contributed by atoms with Crippen molar-refractivity contribution in [2.75, 3.05) is 12.3 Å². The molecule has 0 aliphatic heterocycles. The number of benzene rings is 1. The van der Waals surface area contributed by atoms with Crippen molar-refractivity contribution < 1.29 is 14.2 Å². The van der Waals surface area contributed by atoms with Crippen molar-refractivity contribution >= 4 is 5.69 Å². The first-order valence-electron chi connectivity index (χ1n) is 4.29.